The normalized spacial score (nSPS) is 28.1. The molecular formula is C14H20BrN3. The van der Waals surface area contributed by atoms with Gasteiger partial charge in [-0.05, 0) is 60.8 Å². The van der Waals surface area contributed by atoms with Crippen molar-refractivity contribution in [3.05, 3.63) is 22.3 Å². The van der Waals surface area contributed by atoms with Crippen molar-refractivity contribution in [2.24, 2.45) is 0 Å². The van der Waals surface area contributed by atoms with Crippen molar-refractivity contribution in [3.63, 3.8) is 0 Å². The highest BCUT2D eigenvalue weighted by Crippen LogP contribution is 2.29. The zero-order valence-corrected chi connectivity index (χ0v) is 12.4. The third-order valence-electron chi connectivity index (χ3n) is 4.21. The first-order valence-corrected chi connectivity index (χ1v) is 7.67. The van der Waals surface area contributed by atoms with E-state index in [9.17, 15) is 0 Å². The lowest BCUT2D eigenvalue weighted by atomic mass is 9.99. The molecule has 98 valence electrons. The van der Waals surface area contributed by atoms with Crippen LogP contribution in [0.2, 0.25) is 0 Å². The molecule has 0 saturated carbocycles. The quantitative estimate of drug-likeness (QED) is 0.909. The first kappa shape index (κ1) is 12.4. The minimum absolute atomic E-state index is 0.582. The van der Waals surface area contributed by atoms with Crippen LogP contribution in [-0.2, 0) is 0 Å². The second kappa shape index (κ2) is 5.17. The van der Waals surface area contributed by atoms with Crippen LogP contribution in [0.15, 0.2) is 16.6 Å². The SMILES string of the molecule is Cc1nc(NC2CCN3CCCCC23)ccc1Br. The van der Waals surface area contributed by atoms with Crippen molar-refractivity contribution in [1.29, 1.82) is 0 Å². The van der Waals surface area contributed by atoms with E-state index in [2.05, 4.69) is 43.3 Å². The van der Waals surface area contributed by atoms with Gasteiger partial charge < -0.3 is 5.32 Å². The molecule has 18 heavy (non-hydrogen) atoms. The van der Waals surface area contributed by atoms with Gasteiger partial charge in [-0.15, -0.1) is 0 Å². The average molecular weight is 310 g/mol. The second-order valence-corrected chi connectivity index (χ2v) is 6.26. The highest BCUT2D eigenvalue weighted by Gasteiger charge is 2.35. The lowest BCUT2D eigenvalue weighted by Crippen LogP contribution is -2.41. The number of nitrogens with zero attached hydrogens (tertiary/aromatic N) is 2. The molecule has 3 nitrogen and oxygen atoms in total. The Balaban J connectivity index is 1.70. The highest BCUT2D eigenvalue weighted by atomic mass is 79.9. The van der Waals surface area contributed by atoms with Crippen LogP contribution < -0.4 is 5.32 Å². The van der Waals surface area contributed by atoms with Gasteiger partial charge in [-0.3, -0.25) is 4.90 Å². The van der Waals surface area contributed by atoms with E-state index >= 15 is 0 Å². The van der Waals surface area contributed by atoms with Crippen molar-refractivity contribution < 1.29 is 0 Å². The molecule has 2 fully saturated rings. The molecule has 1 aromatic heterocycles. The number of fused-ring (bicyclic) bond motifs is 1. The van der Waals surface area contributed by atoms with Crippen LogP contribution >= 0.6 is 15.9 Å². The first-order valence-electron chi connectivity index (χ1n) is 6.88. The number of aromatic nitrogens is 1. The van der Waals surface area contributed by atoms with Gasteiger partial charge in [0.25, 0.3) is 0 Å². The summed E-state index contributed by atoms with van der Waals surface area (Å²) < 4.78 is 1.08. The fourth-order valence-electron chi connectivity index (χ4n) is 3.23. The Labute approximate surface area is 117 Å². The Hall–Kier alpha value is -0.610. The molecule has 0 aromatic carbocycles. The Morgan fingerprint density at radius 2 is 2.17 bits per heavy atom. The van der Waals surface area contributed by atoms with Crippen LogP contribution in [0, 0.1) is 6.92 Å². The maximum Gasteiger partial charge on any atom is 0.126 e. The van der Waals surface area contributed by atoms with Gasteiger partial charge >= 0.3 is 0 Å². The maximum atomic E-state index is 4.60. The number of pyridine rings is 1. The van der Waals surface area contributed by atoms with Crippen molar-refractivity contribution in [3.8, 4) is 0 Å². The number of hydrogen-bond donors (Lipinski definition) is 1. The number of hydrogen-bond acceptors (Lipinski definition) is 3. The molecule has 0 spiro atoms. The van der Waals surface area contributed by atoms with Gasteiger partial charge in [0.15, 0.2) is 0 Å². The lowest BCUT2D eigenvalue weighted by Gasteiger charge is -2.32. The molecule has 0 radical (unpaired) electrons. The Morgan fingerprint density at radius 1 is 1.28 bits per heavy atom. The standard InChI is InChI=1S/C14H20BrN3/c1-10-11(15)5-6-14(16-10)17-12-7-9-18-8-3-2-4-13(12)18/h5-6,12-13H,2-4,7-9H2,1H3,(H,16,17). The summed E-state index contributed by atoms with van der Waals surface area (Å²) in [5, 5.41) is 3.63. The zero-order valence-electron chi connectivity index (χ0n) is 10.8. The van der Waals surface area contributed by atoms with Gasteiger partial charge in [-0.2, -0.15) is 0 Å². The molecule has 0 aliphatic carbocycles. The van der Waals surface area contributed by atoms with E-state index in [1.165, 1.54) is 38.8 Å². The van der Waals surface area contributed by atoms with Gasteiger partial charge in [0.1, 0.15) is 5.82 Å². The monoisotopic (exact) mass is 309 g/mol. The smallest absolute Gasteiger partial charge is 0.126 e. The molecule has 1 N–H and O–H groups in total. The molecule has 0 amide bonds. The third kappa shape index (κ3) is 2.41. The molecule has 2 saturated heterocycles. The van der Waals surface area contributed by atoms with Gasteiger partial charge in [-0.25, -0.2) is 4.98 Å². The average Bonchev–Trinajstić information content (AvgIpc) is 2.78. The second-order valence-electron chi connectivity index (χ2n) is 5.40. The summed E-state index contributed by atoms with van der Waals surface area (Å²) in [5.41, 5.74) is 1.05. The van der Waals surface area contributed by atoms with Crippen LogP contribution in [0.1, 0.15) is 31.4 Å². The lowest BCUT2D eigenvalue weighted by molar-refractivity contribution is 0.192. The van der Waals surface area contributed by atoms with E-state index in [1.54, 1.807) is 0 Å². The molecule has 1 aromatic rings. The highest BCUT2D eigenvalue weighted by molar-refractivity contribution is 9.10. The van der Waals surface area contributed by atoms with Crippen molar-refractivity contribution in [2.45, 2.75) is 44.7 Å². The van der Waals surface area contributed by atoms with Crippen LogP contribution in [0.4, 0.5) is 5.82 Å². The molecule has 3 rings (SSSR count). The number of anilines is 1. The Bertz CT molecular complexity index is 435. The van der Waals surface area contributed by atoms with Crippen LogP contribution in [0.25, 0.3) is 0 Å². The summed E-state index contributed by atoms with van der Waals surface area (Å²) >= 11 is 3.50. The third-order valence-corrected chi connectivity index (χ3v) is 5.05. The fraction of sp³-hybridized carbons (Fsp3) is 0.643. The fourth-order valence-corrected chi connectivity index (χ4v) is 3.45. The molecule has 2 aliphatic rings. The molecule has 2 unspecified atom stereocenters. The van der Waals surface area contributed by atoms with E-state index in [0.717, 1.165) is 22.0 Å². The number of rotatable bonds is 2. The number of piperidine rings is 1. The van der Waals surface area contributed by atoms with E-state index < -0.39 is 0 Å². The molecular weight excluding hydrogens is 290 g/mol. The van der Waals surface area contributed by atoms with E-state index in [-0.39, 0.29) is 0 Å². The van der Waals surface area contributed by atoms with Gasteiger partial charge in [0.05, 0.1) is 5.69 Å². The molecule has 3 heterocycles. The van der Waals surface area contributed by atoms with Gasteiger partial charge in [-0.1, -0.05) is 6.42 Å². The summed E-state index contributed by atoms with van der Waals surface area (Å²) in [4.78, 5) is 7.24. The largest absolute Gasteiger partial charge is 0.366 e. The van der Waals surface area contributed by atoms with E-state index in [1.807, 2.05) is 6.92 Å². The Kier molecular flexibility index (Phi) is 3.57. The van der Waals surface area contributed by atoms with E-state index in [4.69, 9.17) is 0 Å². The zero-order chi connectivity index (χ0) is 12.5. The molecule has 2 aliphatic heterocycles. The number of halogens is 1. The minimum Gasteiger partial charge on any atom is -0.366 e. The summed E-state index contributed by atoms with van der Waals surface area (Å²) in [5.74, 6) is 1.02. The molecule has 4 heteroatoms. The molecule has 2 atom stereocenters. The number of nitrogens with one attached hydrogen (secondary N) is 1. The van der Waals surface area contributed by atoms with Crippen LogP contribution in [0.5, 0.6) is 0 Å². The predicted molar refractivity (Wildman–Crippen MR) is 77.9 cm³/mol. The number of aryl methyl sites for hydroxylation is 1. The summed E-state index contributed by atoms with van der Waals surface area (Å²) in [6.45, 7) is 4.57. The van der Waals surface area contributed by atoms with E-state index in [0.29, 0.717) is 6.04 Å². The predicted octanol–water partition coefficient (Wildman–Crippen LogP) is 3.19. The first-order chi connectivity index (χ1) is 8.74. The summed E-state index contributed by atoms with van der Waals surface area (Å²) in [6.07, 6.45) is 5.35. The van der Waals surface area contributed by atoms with Crippen LogP contribution in [-0.4, -0.2) is 35.1 Å². The maximum absolute atomic E-state index is 4.60. The Morgan fingerprint density at radius 3 is 3.00 bits per heavy atom. The van der Waals surface area contributed by atoms with Crippen molar-refractivity contribution in [1.82, 2.24) is 9.88 Å². The van der Waals surface area contributed by atoms with Gasteiger partial charge in [0, 0.05) is 23.1 Å². The van der Waals surface area contributed by atoms with Crippen LogP contribution in [0.3, 0.4) is 0 Å². The summed E-state index contributed by atoms with van der Waals surface area (Å²) in [7, 11) is 0. The van der Waals surface area contributed by atoms with Gasteiger partial charge in [0.2, 0.25) is 0 Å². The molecule has 0 bridgehead atoms. The van der Waals surface area contributed by atoms with Crippen molar-refractivity contribution >= 4 is 21.7 Å². The van der Waals surface area contributed by atoms with Crippen molar-refractivity contribution in [2.75, 3.05) is 18.4 Å². The topological polar surface area (TPSA) is 28.2 Å². The summed E-state index contributed by atoms with van der Waals surface area (Å²) in [6, 6.07) is 5.46. The minimum atomic E-state index is 0.582.